The van der Waals surface area contributed by atoms with E-state index in [1.807, 2.05) is 31.0 Å². The Bertz CT molecular complexity index is 455. The number of rotatable bonds is 6. The fourth-order valence-electron chi connectivity index (χ4n) is 1.71. The maximum absolute atomic E-state index is 11.7. The zero-order valence-corrected chi connectivity index (χ0v) is 12.1. The molecule has 0 atom stereocenters. The van der Waals surface area contributed by atoms with Crippen molar-refractivity contribution in [3.05, 3.63) is 29.3 Å². The molecule has 0 aliphatic rings. The highest BCUT2D eigenvalue weighted by atomic mass is 16.2. The number of aldehydes is 1. The number of aryl methyl sites for hydroxylation is 1. The van der Waals surface area contributed by atoms with Crippen molar-refractivity contribution in [2.75, 3.05) is 25.0 Å². The number of carbonyl (C=O) groups is 2. The molecule has 0 spiro atoms. The number of likely N-dealkylation sites (N-methyl/N-ethyl adjacent to an activating group) is 1. The van der Waals surface area contributed by atoms with E-state index in [9.17, 15) is 9.59 Å². The summed E-state index contributed by atoms with van der Waals surface area (Å²) in [5, 5.41) is 2.88. The Labute approximate surface area is 114 Å². The van der Waals surface area contributed by atoms with E-state index in [2.05, 4.69) is 19.2 Å². The van der Waals surface area contributed by atoms with Crippen molar-refractivity contribution in [1.29, 1.82) is 0 Å². The molecule has 0 radical (unpaired) electrons. The van der Waals surface area contributed by atoms with Crippen LogP contribution in [0.2, 0.25) is 0 Å². The molecular weight excluding hydrogens is 240 g/mol. The Kier molecular flexibility index (Phi) is 5.55. The zero-order valence-electron chi connectivity index (χ0n) is 12.1. The molecule has 4 heteroatoms. The van der Waals surface area contributed by atoms with Gasteiger partial charge in [-0.3, -0.25) is 9.59 Å². The first-order valence-electron chi connectivity index (χ1n) is 6.47. The summed E-state index contributed by atoms with van der Waals surface area (Å²) in [6.07, 6.45) is 0.842. The second-order valence-corrected chi connectivity index (χ2v) is 5.21. The van der Waals surface area contributed by atoms with E-state index >= 15 is 0 Å². The fourth-order valence-corrected chi connectivity index (χ4v) is 1.71. The van der Waals surface area contributed by atoms with E-state index < -0.39 is 0 Å². The lowest BCUT2D eigenvalue weighted by molar-refractivity contribution is -0.119. The summed E-state index contributed by atoms with van der Waals surface area (Å²) in [6, 6.07) is 5.55. The Hall–Kier alpha value is -1.84. The lowest BCUT2D eigenvalue weighted by Gasteiger charge is -2.20. The SMILES string of the molecule is Cc1cc(N(C)CC(=O)NCC(C)C)ccc1C=O. The lowest BCUT2D eigenvalue weighted by Crippen LogP contribution is -2.36. The van der Waals surface area contributed by atoms with Gasteiger partial charge >= 0.3 is 0 Å². The van der Waals surface area contributed by atoms with E-state index in [0.717, 1.165) is 17.5 Å². The minimum Gasteiger partial charge on any atom is -0.365 e. The average molecular weight is 262 g/mol. The Balaban J connectivity index is 2.62. The number of amides is 1. The van der Waals surface area contributed by atoms with Gasteiger partial charge in [0, 0.05) is 24.8 Å². The highest BCUT2D eigenvalue weighted by Gasteiger charge is 2.09. The summed E-state index contributed by atoms with van der Waals surface area (Å²) in [6.45, 7) is 7.01. The van der Waals surface area contributed by atoms with Crippen molar-refractivity contribution in [3.8, 4) is 0 Å². The second kappa shape index (κ2) is 6.92. The van der Waals surface area contributed by atoms with Crippen LogP contribution < -0.4 is 10.2 Å². The van der Waals surface area contributed by atoms with Crippen molar-refractivity contribution < 1.29 is 9.59 Å². The topological polar surface area (TPSA) is 49.4 Å². The number of nitrogens with zero attached hydrogens (tertiary/aromatic N) is 1. The zero-order chi connectivity index (χ0) is 14.4. The van der Waals surface area contributed by atoms with Crippen molar-refractivity contribution >= 4 is 17.9 Å². The summed E-state index contributed by atoms with van der Waals surface area (Å²) < 4.78 is 0. The van der Waals surface area contributed by atoms with Crippen LogP contribution in [-0.4, -0.2) is 32.3 Å². The van der Waals surface area contributed by atoms with Gasteiger partial charge in [0.05, 0.1) is 6.54 Å². The number of benzene rings is 1. The molecular formula is C15H22N2O2. The highest BCUT2D eigenvalue weighted by Crippen LogP contribution is 2.16. The Morgan fingerprint density at radius 2 is 2.11 bits per heavy atom. The molecule has 1 aromatic carbocycles. The monoisotopic (exact) mass is 262 g/mol. The fraction of sp³-hybridized carbons (Fsp3) is 0.467. The van der Waals surface area contributed by atoms with Gasteiger partial charge in [-0.1, -0.05) is 13.8 Å². The van der Waals surface area contributed by atoms with Gasteiger partial charge in [0.1, 0.15) is 6.29 Å². The third-order valence-electron chi connectivity index (χ3n) is 2.91. The molecule has 0 bridgehead atoms. The normalized spacial score (nSPS) is 10.4. The van der Waals surface area contributed by atoms with Gasteiger partial charge in [-0.2, -0.15) is 0 Å². The number of anilines is 1. The number of carbonyl (C=O) groups excluding carboxylic acids is 2. The first kappa shape index (κ1) is 15.2. The molecule has 104 valence electrons. The molecule has 0 aliphatic heterocycles. The molecule has 19 heavy (non-hydrogen) atoms. The van der Waals surface area contributed by atoms with Crippen LogP contribution >= 0.6 is 0 Å². The molecule has 0 aliphatic carbocycles. The molecule has 4 nitrogen and oxygen atoms in total. The van der Waals surface area contributed by atoms with Gasteiger partial charge < -0.3 is 10.2 Å². The molecule has 0 saturated carbocycles. The van der Waals surface area contributed by atoms with Gasteiger partial charge in [0.2, 0.25) is 5.91 Å². The average Bonchev–Trinajstić information content (AvgIpc) is 2.36. The predicted molar refractivity (Wildman–Crippen MR) is 77.7 cm³/mol. The van der Waals surface area contributed by atoms with Gasteiger partial charge in [-0.25, -0.2) is 0 Å². The molecule has 0 heterocycles. The Morgan fingerprint density at radius 3 is 2.63 bits per heavy atom. The maximum Gasteiger partial charge on any atom is 0.239 e. The van der Waals surface area contributed by atoms with E-state index in [4.69, 9.17) is 0 Å². The molecule has 1 N–H and O–H groups in total. The predicted octanol–water partition coefficient (Wildman–Crippen LogP) is 2.02. The molecule has 0 unspecified atom stereocenters. The largest absolute Gasteiger partial charge is 0.365 e. The molecule has 0 aromatic heterocycles. The number of hydrogen-bond acceptors (Lipinski definition) is 3. The minimum atomic E-state index is 0.00770. The van der Waals surface area contributed by atoms with Gasteiger partial charge in [-0.05, 0) is 36.6 Å². The van der Waals surface area contributed by atoms with Crippen LogP contribution in [0.3, 0.4) is 0 Å². The molecule has 1 aromatic rings. The minimum absolute atomic E-state index is 0.00770. The third kappa shape index (κ3) is 4.73. The number of hydrogen-bond donors (Lipinski definition) is 1. The summed E-state index contributed by atoms with van der Waals surface area (Å²) in [5.41, 5.74) is 2.53. The van der Waals surface area contributed by atoms with Gasteiger partial charge in [0.15, 0.2) is 0 Å². The second-order valence-electron chi connectivity index (χ2n) is 5.21. The van der Waals surface area contributed by atoms with Crippen molar-refractivity contribution in [2.45, 2.75) is 20.8 Å². The van der Waals surface area contributed by atoms with Crippen LogP contribution in [0.4, 0.5) is 5.69 Å². The van der Waals surface area contributed by atoms with Crippen LogP contribution in [0, 0.1) is 12.8 Å². The first-order valence-corrected chi connectivity index (χ1v) is 6.47. The molecule has 1 amide bonds. The van der Waals surface area contributed by atoms with Crippen molar-refractivity contribution in [2.24, 2.45) is 5.92 Å². The smallest absolute Gasteiger partial charge is 0.239 e. The van der Waals surface area contributed by atoms with E-state index in [1.165, 1.54) is 0 Å². The van der Waals surface area contributed by atoms with Gasteiger partial charge in [0.25, 0.3) is 0 Å². The first-order chi connectivity index (χ1) is 8.93. The van der Waals surface area contributed by atoms with Crippen LogP contribution in [0.25, 0.3) is 0 Å². The van der Waals surface area contributed by atoms with Gasteiger partial charge in [-0.15, -0.1) is 0 Å². The standard InChI is InChI=1S/C15H22N2O2/c1-11(2)8-16-15(19)9-17(4)14-6-5-13(10-18)12(3)7-14/h5-7,10-11H,8-9H2,1-4H3,(H,16,19). The van der Waals surface area contributed by atoms with E-state index in [1.54, 1.807) is 6.07 Å². The summed E-state index contributed by atoms with van der Waals surface area (Å²) in [4.78, 5) is 24.4. The van der Waals surface area contributed by atoms with Crippen LogP contribution in [0.5, 0.6) is 0 Å². The summed E-state index contributed by atoms with van der Waals surface area (Å²) in [7, 11) is 1.87. The maximum atomic E-state index is 11.7. The third-order valence-corrected chi connectivity index (χ3v) is 2.91. The highest BCUT2D eigenvalue weighted by molar-refractivity contribution is 5.82. The molecule has 0 saturated heterocycles. The van der Waals surface area contributed by atoms with E-state index in [-0.39, 0.29) is 5.91 Å². The molecule has 0 fully saturated rings. The van der Waals surface area contributed by atoms with E-state index in [0.29, 0.717) is 24.6 Å². The summed E-state index contributed by atoms with van der Waals surface area (Å²) >= 11 is 0. The Morgan fingerprint density at radius 1 is 1.42 bits per heavy atom. The summed E-state index contributed by atoms with van der Waals surface area (Å²) in [5.74, 6) is 0.455. The quantitative estimate of drug-likeness (QED) is 0.798. The van der Waals surface area contributed by atoms with Crippen molar-refractivity contribution in [3.63, 3.8) is 0 Å². The molecule has 1 rings (SSSR count). The number of nitrogens with one attached hydrogen (secondary N) is 1. The van der Waals surface area contributed by atoms with Crippen LogP contribution in [-0.2, 0) is 4.79 Å². The lowest BCUT2D eigenvalue weighted by atomic mass is 10.1. The van der Waals surface area contributed by atoms with Crippen molar-refractivity contribution in [1.82, 2.24) is 5.32 Å². The van der Waals surface area contributed by atoms with Crippen LogP contribution in [0.15, 0.2) is 18.2 Å². The van der Waals surface area contributed by atoms with Crippen LogP contribution in [0.1, 0.15) is 29.8 Å².